The summed E-state index contributed by atoms with van der Waals surface area (Å²) >= 11 is 5.27. The van der Waals surface area contributed by atoms with E-state index < -0.39 is 0 Å². The van der Waals surface area contributed by atoms with Crippen molar-refractivity contribution in [2.75, 3.05) is 6.61 Å². The average Bonchev–Trinajstić information content (AvgIpc) is 2.49. The number of pyridine rings is 1. The van der Waals surface area contributed by atoms with Gasteiger partial charge < -0.3 is 19.9 Å². The lowest BCUT2D eigenvalue weighted by atomic mass is 10.00. The summed E-state index contributed by atoms with van der Waals surface area (Å²) in [4.78, 5) is 3.02. The van der Waals surface area contributed by atoms with Gasteiger partial charge in [-0.25, -0.2) is 0 Å². The molecule has 0 unspecified atom stereocenters. The van der Waals surface area contributed by atoms with Crippen LogP contribution in [-0.4, -0.2) is 21.8 Å². The third-order valence-electron chi connectivity index (χ3n) is 3.42. The molecule has 2 aromatic carbocycles. The Morgan fingerprint density at radius 2 is 1.77 bits per heavy atom. The monoisotopic (exact) mass is 313 g/mol. The normalized spacial score (nSPS) is 10.8. The zero-order chi connectivity index (χ0) is 15.7. The maximum Gasteiger partial charge on any atom is 0.159 e. The Morgan fingerprint density at radius 1 is 1.05 bits per heavy atom. The molecule has 0 amide bonds. The van der Waals surface area contributed by atoms with Gasteiger partial charge in [0.2, 0.25) is 0 Å². The highest BCUT2D eigenvalue weighted by Crippen LogP contribution is 2.38. The first-order chi connectivity index (χ1) is 10.6. The summed E-state index contributed by atoms with van der Waals surface area (Å²) in [6.45, 7) is 2.48. The van der Waals surface area contributed by atoms with Crippen LogP contribution in [0.2, 0.25) is 0 Å². The van der Waals surface area contributed by atoms with Crippen LogP contribution >= 0.6 is 12.2 Å². The van der Waals surface area contributed by atoms with Crippen LogP contribution < -0.4 is 4.74 Å². The Bertz CT molecular complexity index is 902. The molecule has 112 valence electrons. The molecule has 0 fully saturated rings. The largest absolute Gasteiger partial charge is 0.504 e. The molecule has 3 rings (SSSR count). The van der Waals surface area contributed by atoms with E-state index in [1.54, 1.807) is 0 Å². The van der Waals surface area contributed by atoms with Gasteiger partial charge in [-0.1, -0.05) is 30.4 Å². The van der Waals surface area contributed by atoms with Crippen LogP contribution in [0.25, 0.3) is 22.0 Å². The van der Waals surface area contributed by atoms with Gasteiger partial charge in [-0.15, -0.1) is 0 Å². The van der Waals surface area contributed by atoms with Crippen molar-refractivity contribution in [3.05, 3.63) is 47.1 Å². The van der Waals surface area contributed by atoms with Crippen LogP contribution in [0.4, 0.5) is 0 Å². The molecular weight excluding hydrogens is 298 g/mol. The Balaban J connectivity index is 2.36. The van der Waals surface area contributed by atoms with Gasteiger partial charge in [-0.05, 0) is 30.7 Å². The predicted molar refractivity (Wildman–Crippen MR) is 89.1 cm³/mol. The second-order valence-electron chi connectivity index (χ2n) is 4.86. The summed E-state index contributed by atoms with van der Waals surface area (Å²) in [5.74, 6) is 0.390. The highest BCUT2D eigenvalue weighted by Gasteiger charge is 2.12. The van der Waals surface area contributed by atoms with Gasteiger partial charge in [0.25, 0.3) is 0 Å². The van der Waals surface area contributed by atoms with Crippen LogP contribution in [0.3, 0.4) is 0 Å². The minimum absolute atomic E-state index is 0.173. The number of aromatic nitrogens is 1. The number of benzene rings is 2. The van der Waals surface area contributed by atoms with Crippen molar-refractivity contribution in [3.8, 4) is 28.4 Å². The Kier molecular flexibility index (Phi) is 3.73. The smallest absolute Gasteiger partial charge is 0.159 e. The molecule has 1 aromatic heterocycles. The van der Waals surface area contributed by atoms with E-state index in [0.717, 1.165) is 22.3 Å². The summed E-state index contributed by atoms with van der Waals surface area (Å²) in [6.07, 6.45) is 0. The van der Waals surface area contributed by atoms with E-state index in [1.807, 2.05) is 37.3 Å². The van der Waals surface area contributed by atoms with Crippen molar-refractivity contribution in [2.45, 2.75) is 6.92 Å². The van der Waals surface area contributed by atoms with E-state index in [4.69, 9.17) is 17.0 Å². The summed E-state index contributed by atoms with van der Waals surface area (Å²) in [5.41, 5.74) is 2.39. The summed E-state index contributed by atoms with van der Waals surface area (Å²) in [7, 11) is 0. The van der Waals surface area contributed by atoms with Gasteiger partial charge in [0.15, 0.2) is 11.5 Å². The van der Waals surface area contributed by atoms with E-state index in [1.165, 1.54) is 12.1 Å². The molecule has 22 heavy (non-hydrogen) atoms. The quantitative estimate of drug-likeness (QED) is 0.496. The first-order valence-electron chi connectivity index (χ1n) is 6.91. The predicted octanol–water partition coefficient (Wildman–Crippen LogP) is 4.37. The molecule has 0 saturated heterocycles. The molecule has 0 spiro atoms. The van der Waals surface area contributed by atoms with Crippen molar-refractivity contribution in [3.63, 3.8) is 0 Å². The van der Waals surface area contributed by atoms with Crippen molar-refractivity contribution in [2.24, 2.45) is 0 Å². The molecule has 4 nitrogen and oxygen atoms in total. The fraction of sp³-hybridized carbons (Fsp3) is 0.118. The van der Waals surface area contributed by atoms with Gasteiger partial charge in [0, 0.05) is 17.0 Å². The molecule has 0 aliphatic carbocycles. The number of para-hydroxylation sites is 1. The van der Waals surface area contributed by atoms with Gasteiger partial charge >= 0.3 is 0 Å². The third-order valence-corrected chi connectivity index (χ3v) is 3.64. The summed E-state index contributed by atoms with van der Waals surface area (Å²) in [6, 6.07) is 12.5. The van der Waals surface area contributed by atoms with Crippen molar-refractivity contribution >= 4 is 23.1 Å². The highest BCUT2D eigenvalue weighted by molar-refractivity contribution is 7.71. The van der Waals surface area contributed by atoms with Gasteiger partial charge in [0.05, 0.1) is 12.1 Å². The number of hydrogen-bond donors (Lipinski definition) is 3. The van der Waals surface area contributed by atoms with E-state index in [9.17, 15) is 10.2 Å². The molecule has 0 atom stereocenters. The number of ether oxygens (including phenoxy) is 1. The maximum absolute atomic E-state index is 9.81. The van der Waals surface area contributed by atoms with Crippen LogP contribution in [0.1, 0.15) is 6.92 Å². The van der Waals surface area contributed by atoms with Gasteiger partial charge in [0.1, 0.15) is 10.4 Å². The number of rotatable bonds is 3. The molecule has 0 saturated carbocycles. The number of H-pyrrole nitrogens is 1. The van der Waals surface area contributed by atoms with Crippen LogP contribution in [0.15, 0.2) is 42.5 Å². The minimum atomic E-state index is -0.187. The maximum atomic E-state index is 9.81. The molecule has 3 aromatic rings. The number of phenolic OH excluding ortho intramolecular Hbond substituents is 2. The number of phenols is 2. The van der Waals surface area contributed by atoms with Crippen LogP contribution in [0, 0.1) is 4.64 Å². The minimum Gasteiger partial charge on any atom is -0.504 e. The highest BCUT2D eigenvalue weighted by atomic mass is 32.1. The van der Waals surface area contributed by atoms with E-state index in [-0.39, 0.29) is 11.5 Å². The van der Waals surface area contributed by atoms with Gasteiger partial charge in [-0.2, -0.15) is 0 Å². The first kappa shape index (κ1) is 14.4. The van der Waals surface area contributed by atoms with Crippen LogP contribution in [0.5, 0.6) is 17.2 Å². The summed E-state index contributed by atoms with van der Waals surface area (Å²) < 4.78 is 6.22. The first-order valence-corrected chi connectivity index (χ1v) is 7.32. The van der Waals surface area contributed by atoms with Gasteiger partial charge in [-0.3, -0.25) is 0 Å². The Labute approximate surface area is 132 Å². The lowest BCUT2D eigenvalue weighted by molar-refractivity contribution is 0.341. The van der Waals surface area contributed by atoms with Crippen molar-refractivity contribution < 1.29 is 14.9 Å². The zero-order valence-electron chi connectivity index (χ0n) is 12.0. The molecule has 1 heterocycles. The Hall–Kier alpha value is -2.53. The third kappa shape index (κ3) is 2.51. The number of nitrogens with one attached hydrogen (secondary N) is 1. The van der Waals surface area contributed by atoms with E-state index in [0.29, 0.717) is 16.8 Å². The molecule has 3 N–H and O–H groups in total. The molecule has 0 aliphatic heterocycles. The topological polar surface area (TPSA) is 65.5 Å². The second kappa shape index (κ2) is 5.69. The number of hydrogen-bond acceptors (Lipinski definition) is 4. The standard InChI is InChI=1S/C17H15NO3S/c1-2-21-16-6-4-3-5-10(16)11-8-17(22)18-13-9-15(20)14(19)7-12(11)13/h3-9,19-20H,2H2,1H3,(H,18,22). The number of fused-ring (bicyclic) bond motifs is 1. The van der Waals surface area contributed by atoms with E-state index in [2.05, 4.69) is 4.98 Å². The molecule has 0 radical (unpaired) electrons. The number of aromatic amines is 1. The summed E-state index contributed by atoms with van der Waals surface area (Å²) in [5, 5.41) is 20.2. The molecule has 0 bridgehead atoms. The number of aromatic hydroxyl groups is 2. The fourth-order valence-electron chi connectivity index (χ4n) is 2.47. The second-order valence-corrected chi connectivity index (χ2v) is 5.30. The fourth-order valence-corrected chi connectivity index (χ4v) is 2.70. The van der Waals surface area contributed by atoms with Crippen molar-refractivity contribution in [1.82, 2.24) is 4.98 Å². The average molecular weight is 313 g/mol. The SMILES string of the molecule is CCOc1ccccc1-c1cc(=S)[nH]c2cc(O)c(O)cc12. The molecule has 0 aliphatic rings. The van der Waals surface area contributed by atoms with Crippen molar-refractivity contribution in [1.29, 1.82) is 0 Å². The van der Waals surface area contributed by atoms with E-state index >= 15 is 0 Å². The van der Waals surface area contributed by atoms with Crippen LogP contribution in [-0.2, 0) is 0 Å². The lowest BCUT2D eigenvalue weighted by Gasteiger charge is -2.13. The lowest BCUT2D eigenvalue weighted by Crippen LogP contribution is -1.95. The molecule has 5 heteroatoms. The zero-order valence-corrected chi connectivity index (χ0v) is 12.8. The Morgan fingerprint density at radius 3 is 2.55 bits per heavy atom. The molecular formula is C17H15NO3S.